The molecule has 3 aromatic rings. The predicted molar refractivity (Wildman–Crippen MR) is 121 cm³/mol. The Labute approximate surface area is 186 Å². The number of carbonyl (C=O) groups is 3. The van der Waals surface area contributed by atoms with Crippen LogP contribution in [-0.2, 0) is 22.4 Å². The summed E-state index contributed by atoms with van der Waals surface area (Å²) >= 11 is 0. The maximum absolute atomic E-state index is 13.3. The van der Waals surface area contributed by atoms with Crippen molar-refractivity contribution in [2.45, 2.75) is 44.6 Å². The number of aromatic amines is 1. The zero-order valence-corrected chi connectivity index (χ0v) is 17.8. The molecule has 32 heavy (non-hydrogen) atoms. The van der Waals surface area contributed by atoms with Crippen molar-refractivity contribution in [3.63, 3.8) is 0 Å². The minimum atomic E-state index is -0.409. The minimum Gasteiger partial charge on any atom is -0.348 e. The first-order valence-corrected chi connectivity index (χ1v) is 10.9. The van der Waals surface area contributed by atoms with Crippen molar-refractivity contribution in [2.75, 3.05) is 4.90 Å². The van der Waals surface area contributed by atoms with Gasteiger partial charge in [-0.3, -0.25) is 19.5 Å². The number of H-pyrrole nitrogens is 1. The quantitative estimate of drug-likeness (QED) is 0.600. The summed E-state index contributed by atoms with van der Waals surface area (Å²) in [6, 6.07) is 18.5. The third kappa shape index (κ3) is 5.11. The fourth-order valence-electron chi connectivity index (χ4n) is 4.05. The first kappa shape index (κ1) is 21.5. The Balaban J connectivity index is 1.61. The van der Waals surface area contributed by atoms with Crippen LogP contribution in [0.4, 0.5) is 5.69 Å². The third-order valence-corrected chi connectivity index (χ3v) is 5.66. The molecule has 0 bridgehead atoms. The molecule has 0 atom stereocenters. The van der Waals surface area contributed by atoms with Crippen LogP contribution in [0.2, 0.25) is 0 Å². The zero-order chi connectivity index (χ0) is 22.3. The third-order valence-electron chi connectivity index (χ3n) is 5.66. The zero-order valence-electron chi connectivity index (χ0n) is 17.8. The van der Waals surface area contributed by atoms with Crippen LogP contribution in [0, 0.1) is 0 Å². The van der Waals surface area contributed by atoms with E-state index in [1.807, 2.05) is 60.7 Å². The van der Waals surface area contributed by atoms with Crippen LogP contribution in [0.3, 0.4) is 0 Å². The van der Waals surface area contributed by atoms with E-state index in [4.69, 9.17) is 0 Å². The van der Waals surface area contributed by atoms with Crippen LogP contribution >= 0.6 is 0 Å². The van der Waals surface area contributed by atoms with Crippen LogP contribution < -0.4 is 10.2 Å². The van der Waals surface area contributed by atoms with Crippen molar-refractivity contribution in [2.24, 2.45) is 0 Å². The number of hydrogen-bond donors (Lipinski definition) is 2. The molecule has 1 saturated carbocycles. The highest BCUT2D eigenvalue weighted by Crippen LogP contribution is 2.23. The molecule has 7 nitrogen and oxygen atoms in total. The van der Waals surface area contributed by atoms with E-state index in [9.17, 15) is 14.4 Å². The van der Waals surface area contributed by atoms with Crippen LogP contribution in [0.15, 0.2) is 66.9 Å². The average molecular weight is 431 g/mol. The maximum atomic E-state index is 13.3. The number of anilines is 1. The molecular formula is C25H26N4O3. The van der Waals surface area contributed by atoms with Gasteiger partial charge in [0.05, 0.1) is 12.8 Å². The molecule has 1 fully saturated rings. The Morgan fingerprint density at radius 3 is 1.94 bits per heavy atom. The molecule has 164 valence electrons. The molecule has 2 N–H and O–H groups in total. The predicted octanol–water partition coefficient (Wildman–Crippen LogP) is 3.43. The van der Waals surface area contributed by atoms with Gasteiger partial charge in [-0.2, -0.15) is 5.10 Å². The van der Waals surface area contributed by atoms with Gasteiger partial charge in [0.25, 0.3) is 5.91 Å². The van der Waals surface area contributed by atoms with Gasteiger partial charge in [0.1, 0.15) is 5.69 Å². The fourth-order valence-corrected chi connectivity index (χ4v) is 4.05. The van der Waals surface area contributed by atoms with Crippen LogP contribution in [0.5, 0.6) is 0 Å². The molecule has 1 aliphatic carbocycles. The largest absolute Gasteiger partial charge is 0.348 e. The smallest absolute Gasteiger partial charge is 0.274 e. The second kappa shape index (κ2) is 10.0. The van der Waals surface area contributed by atoms with Gasteiger partial charge in [-0.25, -0.2) is 4.90 Å². The number of imide groups is 1. The Hall–Kier alpha value is -3.74. The van der Waals surface area contributed by atoms with Crippen LogP contribution in [-0.4, -0.2) is 34.0 Å². The Morgan fingerprint density at radius 1 is 0.875 bits per heavy atom. The van der Waals surface area contributed by atoms with Crippen molar-refractivity contribution in [1.29, 1.82) is 0 Å². The summed E-state index contributed by atoms with van der Waals surface area (Å²) in [6.07, 6.45) is 5.53. The molecule has 0 saturated heterocycles. The lowest BCUT2D eigenvalue weighted by Gasteiger charge is -2.21. The number of amides is 3. The Morgan fingerprint density at radius 2 is 1.41 bits per heavy atom. The summed E-state index contributed by atoms with van der Waals surface area (Å²) in [6.45, 7) is 0. The first-order chi connectivity index (χ1) is 15.6. The maximum Gasteiger partial charge on any atom is 0.274 e. The lowest BCUT2D eigenvalue weighted by atomic mass is 10.1. The van der Waals surface area contributed by atoms with Crippen molar-refractivity contribution in [3.05, 3.63) is 83.7 Å². The molecule has 2 aromatic carbocycles. The summed E-state index contributed by atoms with van der Waals surface area (Å²) in [5.41, 5.74) is 1.81. The molecule has 1 aromatic heterocycles. The molecular weight excluding hydrogens is 404 g/mol. The summed E-state index contributed by atoms with van der Waals surface area (Å²) in [4.78, 5) is 40.6. The normalized spacial score (nSPS) is 13.6. The summed E-state index contributed by atoms with van der Waals surface area (Å²) in [5.74, 6) is -1.19. The Kier molecular flexibility index (Phi) is 6.75. The molecule has 3 amide bonds. The van der Waals surface area contributed by atoms with Crippen LogP contribution in [0.25, 0.3) is 0 Å². The highest BCUT2D eigenvalue weighted by molar-refractivity contribution is 6.18. The van der Waals surface area contributed by atoms with Gasteiger partial charge in [-0.1, -0.05) is 73.5 Å². The number of rotatable bonds is 7. The van der Waals surface area contributed by atoms with E-state index in [1.165, 1.54) is 6.20 Å². The highest BCUT2D eigenvalue weighted by atomic mass is 16.2. The summed E-state index contributed by atoms with van der Waals surface area (Å²) in [5, 5.41) is 9.72. The standard InChI is InChI=1S/C25H26N4O3/c30-22(15-18-9-3-1-4-10-18)29(23(31)16-19-11-5-2-6-12-19)21-17-26-28-24(21)25(32)27-20-13-7-8-14-20/h1-6,9-12,17,20H,7-8,13-16H2,(H,26,28)(H,27,32). The van der Waals surface area contributed by atoms with Crippen molar-refractivity contribution in [3.8, 4) is 0 Å². The van der Waals surface area contributed by atoms with Gasteiger partial charge < -0.3 is 5.32 Å². The van der Waals surface area contributed by atoms with E-state index in [0.29, 0.717) is 0 Å². The Bertz CT molecular complexity index is 1020. The highest BCUT2D eigenvalue weighted by Gasteiger charge is 2.30. The lowest BCUT2D eigenvalue weighted by Crippen LogP contribution is -2.41. The summed E-state index contributed by atoms with van der Waals surface area (Å²) < 4.78 is 0. The van der Waals surface area contributed by atoms with E-state index >= 15 is 0 Å². The van der Waals surface area contributed by atoms with Crippen molar-refractivity contribution < 1.29 is 14.4 Å². The first-order valence-electron chi connectivity index (χ1n) is 10.9. The van der Waals surface area contributed by atoms with E-state index < -0.39 is 11.8 Å². The second-order valence-electron chi connectivity index (χ2n) is 8.02. The topological polar surface area (TPSA) is 95.2 Å². The minimum absolute atomic E-state index is 0.0379. The van der Waals surface area contributed by atoms with Gasteiger partial charge >= 0.3 is 0 Å². The molecule has 0 radical (unpaired) electrons. The van der Waals surface area contributed by atoms with E-state index in [1.54, 1.807) is 0 Å². The fraction of sp³-hybridized carbons (Fsp3) is 0.280. The SMILES string of the molecule is O=C(NC1CCCC1)c1n[nH]cc1N(C(=O)Cc1ccccc1)C(=O)Cc1ccccc1. The number of aromatic nitrogens is 2. The number of hydrogen-bond acceptors (Lipinski definition) is 4. The van der Waals surface area contributed by atoms with Gasteiger partial charge in [-0.05, 0) is 24.0 Å². The van der Waals surface area contributed by atoms with Gasteiger partial charge in [0.2, 0.25) is 11.8 Å². The van der Waals surface area contributed by atoms with Gasteiger partial charge in [0, 0.05) is 12.2 Å². The molecule has 0 unspecified atom stereocenters. The van der Waals surface area contributed by atoms with Gasteiger partial charge in [0.15, 0.2) is 5.69 Å². The van der Waals surface area contributed by atoms with Crippen molar-refractivity contribution in [1.82, 2.24) is 15.5 Å². The van der Waals surface area contributed by atoms with Crippen molar-refractivity contribution >= 4 is 23.4 Å². The van der Waals surface area contributed by atoms with E-state index in [0.717, 1.165) is 41.7 Å². The molecule has 0 aliphatic heterocycles. The second-order valence-corrected chi connectivity index (χ2v) is 8.02. The molecule has 0 spiro atoms. The molecule has 1 aliphatic rings. The number of nitrogens with one attached hydrogen (secondary N) is 2. The van der Waals surface area contributed by atoms with Gasteiger partial charge in [-0.15, -0.1) is 0 Å². The number of nitrogens with zero attached hydrogens (tertiary/aromatic N) is 2. The van der Waals surface area contributed by atoms with E-state index in [-0.39, 0.29) is 36.2 Å². The number of carbonyl (C=O) groups excluding carboxylic acids is 3. The molecule has 4 rings (SSSR count). The average Bonchev–Trinajstić information content (AvgIpc) is 3.48. The van der Waals surface area contributed by atoms with E-state index in [2.05, 4.69) is 15.5 Å². The molecule has 7 heteroatoms. The molecule has 1 heterocycles. The number of benzene rings is 2. The van der Waals surface area contributed by atoms with Crippen LogP contribution in [0.1, 0.15) is 47.3 Å². The lowest BCUT2D eigenvalue weighted by molar-refractivity contribution is -0.125. The summed E-state index contributed by atoms with van der Waals surface area (Å²) in [7, 11) is 0. The monoisotopic (exact) mass is 430 g/mol.